The highest BCUT2D eigenvalue weighted by atomic mass is 28.4. The number of carbonyl (C=O) groups is 2. The first-order chi connectivity index (χ1) is 15.1. The lowest BCUT2D eigenvalue weighted by Gasteiger charge is -2.40. The Kier molecular flexibility index (Phi) is 8.23. The van der Waals surface area contributed by atoms with E-state index >= 15 is 0 Å². The number of nitrogens with zero attached hydrogens (tertiary/aromatic N) is 1. The number of benzene rings is 1. The van der Waals surface area contributed by atoms with Crippen LogP contribution in [0.4, 0.5) is 10.5 Å². The molecule has 0 spiro atoms. The van der Waals surface area contributed by atoms with Crippen LogP contribution in [0.15, 0.2) is 30.9 Å². The fraction of sp³-hybridized carbons (Fsp3) is 0.615. The lowest BCUT2D eigenvalue weighted by Crippen LogP contribution is -2.53. The minimum absolute atomic E-state index is 0.0129. The van der Waals surface area contributed by atoms with Gasteiger partial charge in [-0.15, -0.1) is 6.58 Å². The molecule has 0 aliphatic carbocycles. The molecule has 184 valence electrons. The summed E-state index contributed by atoms with van der Waals surface area (Å²) < 4.78 is 12.3. The molecule has 1 fully saturated rings. The van der Waals surface area contributed by atoms with Gasteiger partial charge in [0.15, 0.2) is 8.32 Å². The first kappa shape index (κ1) is 27.1. The Labute approximate surface area is 200 Å². The Balaban J connectivity index is 2.38. The van der Waals surface area contributed by atoms with Crippen molar-refractivity contribution in [3.8, 4) is 0 Å². The largest absolute Gasteiger partial charge is 0.444 e. The first-order valence-corrected chi connectivity index (χ1v) is 14.7. The standard InChI is InChI=1S/C26H42N2O4Si/c1-11-12-19-14-13-18(2)17-20(19)27-23(29)22-21(32-33(9,10)26(6,7)8)15-16-28(22)24(30)31-25(3,4)5/h11,13-14,17,21-22H,1,12,15-16H2,2-10H3,(H,27,29)/t21-,22+/m1/s1. The van der Waals surface area contributed by atoms with E-state index in [1.165, 1.54) is 4.90 Å². The number of hydrogen-bond acceptors (Lipinski definition) is 4. The zero-order valence-electron chi connectivity index (χ0n) is 21.9. The molecule has 1 N–H and O–H groups in total. The minimum atomic E-state index is -2.17. The van der Waals surface area contributed by atoms with Gasteiger partial charge in [0.2, 0.25) is 5.91 Å². The average molecular weight is 475 g/mol. The van der Waals surface area contributed by atoms with Gasteiger partial charge in [0.05, 0.1) is 6.10 Å². The van der Waals surface area contributed by atoms with Crippen molar-refractivity contribution < 1.29 is 18.8 Å². The van der Waals surface area contributed by atoms with Crippen molar-refractivity contribution in [2.24, 2.45) is 0 Å². The van der Waals surface area contributed by atoms with Gasteiger partial charge in [-0.25, -0.2) is 4.79 Å². The van der Waals surface area contributed by atoms with Crippen molar-refractivity contribution in [1.82, 2.24) is 4.90 Å². The van der Waals surface area contributed by atoms with Gasteiger partial charge >= 0.3 is 6.09 Å². The van der Waals surface area contributed by atoms with E-state index in [1.807, 2.05) is 52.0 Å². The third-order valence-electron chi connectivity index (χ3n) is 6.38. The Hall–Kier alpha value is -2.12. The summed E-state index contributed by atoms with van der Waals surface area (Å²) >= 11 is 0. The lowest BCUT2D eigenvalue weighted by atomic mass is 10.1. The third-order valence-corrected chi connectivity index (χ3v) is 10.9. The predicted molar refractivity (Wildman–Crippen MR) is 137 cm³/mol. The molecule has 2 atom stereocenters. The zero-order chi connectivity index (χ0) is 25.2. The van der Waals surface area contributed by atoms with E-state index in [9.17, 15) is 9.59 Å². The molecular formula is C26H42N2O4Si. The van der Waals surface area contributed by atoms with Crippen LogP contribution in [-0.4, -0.2) is 49.5 Å². The number of rotatable bonds is 6. The summed E-state index contributed by atoms with van der Waals surface area (Å²) in [5, 5.41) is 3.07. The van der Waals surface area contributed by atoms with E-state index in [1.54, 1.807) is 0 Å². The molecule has 1 aliphatic rings. The summed E-state index contributed by atoms with van der Waals surface area (Å²) in [5.41, 5.74) is 2.11. The topological polar surface area (TPSA) is 67.9 Å². The Bertz CT molecular complexity index is 883. The second-order valence-corrected chi connectivity index (χ2v) is 16.2. The molecule has 0 radical (unpaired) electrons. The SMILES string of the molecule is C=CCc1ccc(C)cc1NC(=O)[C@@H]1[C@H](O[Si](C)(C)C(C)(C)C)CCN1C(=O)OC(C)(C)C. The van der Waals surface area contributed by atoms with Gasteiger partial charge in [-0.2, -0.15) is 0 Å². The Morgan fingerprint density at radius 2 is 1.85 bits per heavy atom. The molecule has 2 amide bonds. The summed E-state index contributed by atoms with van der Waals surface area (Å²) in [6.07, 6.45) is 2.18. The van der Waals surface area contributed by atoms with Crippen LogP contribution in [0.3, 0.4) is 0 Å². The summed E-state index contributed by atoms with van der Waals surface area (Å²) in [5.74, 6) is -0.252. The van der Waals surface area contributed by atoms with E-state index < -0.39 is 26.1 Å². The highest BCUT2D eigenvalue weighted by Crippen LogP contribution is 2.39. The maximum absolute atomic E-state index is 13.7. The van der Waals surface area contributed by atoms with Gasteiger partial charge in [-0.1, -0.05) is 39.0 Å². The number of aryl methyl sites for hydroxylation is 1. The van der Waals surface area contributed by atoms with Crippen molar-refractivity contribution in [2.45, 2.75) is 97.2 Å². The van der Waals surface area contributed by atoms with Crippen LogP contribution < -0.4 is 5.32 Å². The number of hydrogen-bond donors (Lipinski definition) is 1. The maximum atomic E-state index is 13.7. The van der Waals surface area contributed by atoms with Crippen molar-refractivity contribution in [2.75, 3.05) is 11.9 Å². The van der Waals surface area contributed by atoms with Crippen LogP contribution in [0.5, 0.6) is 0 Å². The van der Waals surface area contributed by atoms with Crippen molar-refractivity contribution >= 4 is 26.0 Å². The molecule has 1 saturated heterocycles. The Morgan fingerprint density at radius 3 is 2.39 bits per heavy atom. The number of ether oxygens (including phenoxy) is 1. The fourth-order valence-corrected chi connectivity index (χ4v) is 4.98. The minimum Gasteiger partial charge on any atom is -0.444 e. The maximum Gasteiger partial charge on any atom is 0.411 e. The number of allylic oxidation sites excluding steroid dienone is 1. The highest BCUT2D eigenvalue weighted by molar-refractivity contribution is 6.74. The average Bonchev–Trinajstić information content (AvgIpc) is 3.05. The number of amides is 2. The van der Waals surface area contributed by atoms with Crippen LogP contribution in [0.25, 0.3) is 0 Å². The molecule has 0 bridgehead atoms. The smallest absolute Gasteiger partial charge is 0.411 e. The molecule has 1 aromatic carbocycles. The van der Waals surface area contributed by atoms with Crippen LogP contribution in [0.1, 0.15) is 59.1 Å². The summed E-state index contributed by atoms with van der Waals surface area (Å²) in [4.78, 5) is 28.2. The van der Waals surface area contributed by atoms with E-state index in [2.05, 4.69) is 45.8 Å². The monoisotopic (exact) mass is 474 g/mol. The van der Waals surface area contributed by atoms with E-state index in [-0.39, 0.29) is 17.0 Å². The summed E-state index contributed by atoms with van der Waals surface area (Å²) in [6.45, 7) is 22.6. The molecule has 33 heavy (non-hydrogen) atoms. The summed E-state index contributed by atoms with van der Waals surface area (Å²) in [7, 11) is -2.17. The molecule has 7 heteroatoms. The molecule has 6 nitrogen and oxygen atoms in total. The van der Waals surface area contributed by atoms with Crippen molar-refractivity contribution in [3.63, 3.8) is 0 Å². The Morgan fingerprint density at radius 1 is 1.21 bits per heavy atom. The van der Waals surface area contributed by atoms with Crippen LogP contribution in [0.2, 0.25) is 18.1 Å². The molecule has 2 rings (SSSR count). The van der Waals surface area contributed by atoms with Crippen LogP contribution in [-0.2, 0) is 20.4 Å². The van der Waals surface area contributed by atoms with Crippen LogP contribution >= 0.6 is 0 Å². The van der Waals surface area contributed by atoms with Gasteiger partial charge in [0.1, 0.15) is 11.6 Å². The van der Waals surface area contributed by atoms with E-state index in [4.69, 9.17) is 9.16 Å². The molecule has 0 unspecified atom stereocenters. The first-order valence-electron chi connectivity index (χ1n) is 11.7. The van der Waals surface area contributed by atoms with Crippen LogP contribution in [0, 0.1) is 6.92 Å². The lowest BCUT2D eigenvalue weighted by molar-refractivity contribution is -0.122. The third kappa shape index (κ3) is 6.93. The zero-order valence-corrected chi connectivity index (χ0v) is 22.9. The van der Waals surface area contributed by atoms with Gasteiger partial charge in [0.25, 0.3) is 0 Å². The summed E-state index contributed by atoms with van der Waals surface area (Å²) in [6, 6.07) is 5.20. The van der Waals surface area contributed by atoms with E-state index in [0.717, 1.165) is 16.8 Å². The van der Waals surface area contributed by atoms with Crippen molar-refractivity contribution in [3.05, 3.63) is 42.0 Å². The molecule has 1 aliphatic heterocycles. The molecule has 1 heterocycles. The number of likely N-dealkylation sites (tertiary alicyclic amines) is 1. The second kappa shape index (κ2) is 10.0. The second-order valence-electron chi connectivity index (χ2n) is 11.5. The normalized spacial score (nSPS) is 19.4. The number of nitrogens with one attached hydrogen (secondary N) is 1. The molecular weight excluding hydrogens is 432 g/mol. The van der Waals surface area contributed by atoms with Gasteiger partial charge in [0, 0.05) is 12.2 Å². The van der Waals surface area contributed by atoms with Gasteiger partial charge < -0.3 is 14.5 Å². The molecule has 0 aromatic heterocycles. The van der Waals surface area contributed by atoms with Crippen molar-refractivity contribution in [1.29, 1.82) is 0 Å². The van der Waals surface area contributed by atoms with Gasteiger partial charge in [-0.3, -0.25) is 9.69 Å². The quantitative estimate of drug-likeness (QED) is 0.402. The predicted octanol–water partition coefficient (Wildman–Crippen LogP) is 6.06. The number of carbonyl (C=O) groups excluding carboxylic acids is 2. The highest BCUT2D eigenvalue weighted by Gasteiger charge is 2.48. The molecule has 0 saturated carbocycles. The van der Waals surface area contributed by atoms with E-state index in [0.29, 0.717) is 19.4 Å². The number of anilines is 1. The fourth-order valence-electron chi connectivity index (χ4n) is 3.63. The molecule has 1 aromatic rings. The van der Waals surface area contributed by atoms with Gasteiger partial charge in [-0.05, 0) is 75.9 Å².